The topological polar surface area (TPSA) is 54.5 Å². The van der Waals surface area contributed by atoms with E-state index in [1.807, 2.05) is 44.2 Å². The highest BCUT2D eigenvalue weighted by atomic mass is 32.2. The van der Waals surface area contributed by atoms with E-state index in [1.54, 1.807) is 29.2 Å². The third-order valence-electron chi connectivity index (χ3n) is 3.64. The van der Waals surface area contributed by atoms with E-state index in [0.29, 0.717) is 13.1 Å². The smallest absolute Gasteiger partial charge is 0.238 e. The van der Waals surface area contributed by atoms with Crippen LogP contribution in [0, 0.1) is 6.92 Å². The Hall–Kier alpha value is -2.14. The van der Waals surface area contributed by atoms with E-state index in [9.17, 15) is 13.2 Å². The zero-order chi connectivity index (χ0) is 16.9. The molecule has 0 aliphatic heterocycles. The summed E-state index contributed by atoms with van der Waals surface area (Å²) in [6.45, 7) is 4.62. The Morgan fingerprint density at radius 1 is 1.00 bits per heavy atom. The van der Waals surface area contributed by atoms with Crippen molar-refractivity contribution in [1.29, 1.82) is 0 Å². The van der Waals surface area contributed by atoms with Gasteiger partial charge >= 0.3 is 0 Å². The van der Waals surface area contributed by atoms with Crippen LogP contribution in [0.5, 0.6) is 0 Å². The lowest BCUT2D eigenvalue weighted by atomic mass is 10.2. The van der Waals surface area contributed by atoms with Crippen molar-refractivity contribution in [3.05, 3.63) is 65.7 Å². The number of carbonyl (C=O) groups is 1. The number of nitrogens with zero attached hydrogens (tertiary/aromatic N) is 1. The van der Waals surface area contributed by atoms with Crippen molar-refractivity contribution in [3.63, 3.8) is 0 Å². The summed E-state index contributed by atoms with van der Waals surface area (Å²) in [7, 11) is -3.61. The van der Waals surface area contributed by atoms with Crippen LogP contribution < -0.4 is 0 Å². The molecule has 0 N–H and O–H groups in total. The molecule has 0 bridgehead atoms. The molecule has 0 heterocycles. The summed E-state index contributed by atoms with van der Waals surface area (Å²) in [5, 5.41) is 0. The van der Waals surface area contributed by atoms with Crippen LogP contribution in [0.2, 0.25) is 0 Å². The van der Waals surface area contributed by atoms with Crippen molar-refractivity contribution >= 4 is 15.7 Å². The average Bonchev–Trinajstić information content (AvgIpc) is 2.53. The van der Waals surface area contributed by atoms with E-state index < -0.39 is 15.6 Å². The van der Waals surface area contributed by atoms with Crippen molar-refractivity contribution in [1.82, 2.24) is 4.90 Å². The van der Waals surface area contributed by atoms with Crippen LogP contribution in [-0.2, 0) is 21.2 Å². The zero-order valence-corrected chi connectivity index (χ0v) is 14.2. The molecule has 1 amide bonds. The molecule has 0 saturated carbocycles. The molecule has 2 aromatic rings. The quantitative estimate of drug-likeness (QED) is 0.818. The van der Waals surface area contributed by atoms with Gasteiger partial charge in [-0.1, -0.05) is 48.0 Å². The van der Waals surface area contributed by atoms with Gasteiger partial charge in [0.15, 0.2) is 9.84 Å². The van der Waals surface area contributed by atoms with Crippen LogP contribution in [0.15, 0.2) is 59.5 Å². The Kier molecular flexibility index (Phi) is 5.55. The fourth-order valence-electron chi connectivity index (χ4n) is 2.26. The Labute approximate surface area is 137 Å². The minimum Gasteiger partial charge on any atom is -0.338 e. The molecule has 0 aliphatic rings. The summed E-state index contributed by atoms with van der Waals surface area (Å²) >= 11 is 0. The number of rotatable bonds is 6. The molecular formula is C18H21NO3S. The van der Waals surface area contributed by atoms with E-state index in [4.69, 9.17) is 0 Å². The molecule has 5 heteroatoms. The van der Waals surface area contributed by atoms with E-state index in [2.05, 4.69) is 0 Å². The minimum atomic E-state index is -3.61. The van der Waals surface area contributed by atoms with Crippen molar-refractivity contribution in [2.75, 3.05) is 12.3 Å². The highest BCUT2D eigenvalue weighted by molar-refractivity contribution is 7.92. The first-order valence-corrected chi connectivity index (χ1v) is 9.18. The predicted molar refractivity (Wildman–Crippen MR) is 90.8 cm³/mol. The van der Waals surface area contributed by atoms with Gasteiger partial charge in [0.25, 0.3) is 0 Å². The maximum atomic E-state index is 12.4. The third-order valence-corrected chi connectivity index (χ3v) is 5.26. The van der Waals surface area contributed by atoms with E-state index >= 15 is 0 Å². The SMILES string of the molecule is CCN(Cc1ccccc1)C(=O)CS(=O)(=O)c1ccc(C)cc1. The van der Waals surface area contributed by atoms with Gasteiger partial charge in [0, 0.05) is 13.1 Å². The third kappa shape index (κ3) is 4.66. The van der Waals surface area contributed by atoms with Gasteiger partial charge in [0.2, 0.25) is 5.91 Å². The molecule has 0 unspecified atom stereocenters. The molecule has 4 nitrogen and oxygen atoms in total. The lowest BCUT2D eigenvalue weighted by Crippen LogP contribution is -2.35. The van der Waals surface area contributed by atoms with Gasteiger partial charge in [-0.25, -0.2) is 8.42 Å². The minimum absolute atomic E-state index is 0.187. The summed E-state index contributed by atoms with van der Waals surface area (Å²) in [6, 6.07) is 16.1. The summed E-state index contributed by atoms with van der Waals surface area (Å²) < 4.78 is 24.8. The van der Waals surface area contributed by atoms with Crippen LogP contribution in [0.4, 0.5) is 0 Å². The summed E-state index contributed by atoms with van der Waals surface area (Å²) in [6.07, 6.45) is 0. The fourth-order valence-corrected chi connectivity index (χ4v) is 3.49. The van der Waals surface area contributed by atoms with Gasteiger partial charge in [-0.05, 0) is 31.5 Å². The Bertz CT molecular complexity index is 753. The second-order valence-electron chi connectivity index (χ2n) is 5.47. The van der Waals surface area contributed by atoms with Gasteiger partial charge in [-0.3, -0.25) is 4.79 Å². The highest BCUT2D eigenvalue weighted by Gasteiger charge is 2.22. The molecule has 2 aromatic carbocycles. The summed E-state index contributed by atoms with van der Waals surface area (Å²) in [5.41, 5.74) is 1.96. The van der Waals surface area contributed by atoms with Crippen LogP contribution in [0.25, 0.3) is 0 Å². The Morgan fingerprint density at radius 3 is 2.17 bits per heavy atom. The molecular weight excluding hydrogens is 310 g/mol. The Morgan fingerprint density at radius 2 is 1.61 bits per heavy atom. The van der Waals surface area contributed by atoms with Crippen molar-refractivity contribution in [3.8, 4) is 0 Å². The maximum Gasteiger partial charge on any atom is 0.238 e. The second kappa shape index (κ2) is 7.42. The summed E-state index contributed by atoms with van der Waals surface area (Å²) in [4.78, 5) is 14.1. The first kappa shape index (κ1) is 17.2. The standard InChI is InChI=1S/C18H21NO3S/c1-3-19(13-16-7-5-4-6-8-16)18(20)14-23(21,22)17-11-9-15(2)10-12-17/h4-12H,3,13-14H2,1-2H3. The first-order chi connectivity index (χ1) is 10.9. The van der Waals surface area contributed by atoms with Crippen molar-refractivity contribution in [2.24, 2.45) is 0 Å². The number of hydrogen-bond donors (Lipinski definition) is 0. The average molecular weight is 331 g/mol. The molecule has 2 rings (SSSR count). The maximum absolute atomic E-state index is 12.4. The molecule has 0 fully saturated rings. The number of benzene rings is 2. The molecule has 122 valence electrons. The molecule has 23 heavy (non-hydrogen) atoms. The molecule has 0 aromatic heterocycles. The number of aryl methyl sites for hydroxylation is 1. The van der Waals surface area contributed by atoms with Crippen LogP contribution in [0.1, 0.15) is 18.1 Å². The van der Waals surface area contributed by atoms with Crippen LogP contribution in [0.3, 0.4) is 0 Å². The lowest BCUT2D eigenvalue weighted by molar-refractivity contribution is -0.128. The van der Waals surface area contributed by atoms with Gasteiger partial charge in [0.1, 0.15) is 5.75 Å². The number of amides is 1. The second-order valence-corrected chi connectivity index (χ2v) is 7.46. The fraction of sp³-hybridized carbons (Fsp3) is 0.278. The molecule has 0 aliphatic carbocycles. The van der Waals surface area contributed by atoms with E-state index in [-0.39, 0.29) is 10.8 Å². The van der Waals surface area contributed by atoms with Crippen molar-refractivity contribution in [2.45, 2.75) is 25.3 Å². The molecule has 0 spiro atoms. The van der Waals surface area contributed by atoms with E-state index in [1.165, 1.54) is 0 Å². The number of hydrogen-bond acceptors (Lipinski definition) is 3. The molecule has 0 radical (unpaired) electrons. The monoisotopic (exact) mass is 331 g/mol. The van der Waals surface area contributed by atoms with E-state index in [0.717, 1.165) is 11.1 Å². The largest absolute Gasteiger partial charge is 0.338 e. The number of carbonyl (C=O) groups excluding carboxylic acids is 1. The predicted octanol–water partition coefficient (Wildman–Crippen LogP) is 2.82. The van der Waals surface area contributed by atoms with Gasteiger partial charge in [0.05, 0.1) is 4.90 Å². The van der Waals surface area contributed by atoms with Gasteiger partial charge in [-0.2, -0.15) is 0 Å². The molecule has 0 atom stereocenters. The van der Waals surface area contributed by atoms with Crippen LogP contribution in [-0.4, -0.2) is 31.5 Å². The zero-order valence-electron chi connectivity index (χ0n) is 13.4. The number of sulfone groups is 1. The normalized spacial score (nSPS) is 11.2. The van der Waals surface area contributed by atoms with Gasteiger partial charge < -0.3 is 4.90 Å². The first-order valence-electron chi connectivity index (χ1n) is 7.53. The van der Waals surface area contributed by atoms with Crippen LogP contribution >= 0.6 is 0 Å². The summed E-state index contributed by atoms with van der Waals surface area (Å²) in [5.74, 6) is -0.881. The van der Waals surface area contributed by atoms with Crippen molar-refractivity contribution < 1.29 is 13.2 Å². The molecule has 0 saturated heterocycles. The lowest BCUT2D eigenvalue weighted by Gasteiger charge is -2.21. The highest BCUT2D eigenvalue weighted by Crippen LogP contribution is 2.14. The van der Waals surface area contributed by atoms with Gasteiger partial charge in [-0.15, -0.1) is 0 Å². The Balaban J connectivity index is 2.10.